The summed E-state index contributed by atoms with van der Waals surface area (Å²) in [7, 11) is 0. The average molecular weight is 598 g/mol. The number of nitrogens with zero attached hydrogens (tertiary/aromatic N) is 5. The summed E-state index contributed by atoms with van der Waals surface area (Å²) in [4.78, 5) is 40.0. The third kappa shape index (κ3) is 8.26. The Balaban J connectivity index is 1.27. The molecule has 0 unspecified atom stereocenters. The van der Waals surface area contributed by atoms with Crippen LogP contribution in [0.25, 0.3) is 0 Å². The van der Waals surface area contributed by atoms with Crippen molar-refractivity contribution >= 4 is 24.3 Å². The smallest absolute Gasteiger partial charge is 0.270 e. The molecule has 0 radical (unpaired) electrons. The first-order chi connectivity index (χ1) is 20.5. The van der Waals surface area contributed by atoms with Crippen LogP contribution in [0.3, 0.4) is 0 Å². The van der Waals surface area contributed by atoms with E-state index in [9.17, 15) is 19.8 Å². The van der Waals surface area contributed by atoms with Gasteiger partial charge in [-0.1, -0.05) is 0 Å². The quantitative estimate of drug-likeness (QED) is 0.226. The largest absolute Gasteiger partial charge is 0.507 e. The molecule has 4 rings (SSSR count). The number of allylic oxidation sites excluding steroid dienone is 1. The van der Waals surface area contributed by atoms with Gasteiger partial charge < -0.3 is 30.5 Å². The van der Waals surface area contributed by atoms with Crippen LogP contribution in [0.5, 0.6) is 5.75 Å². The summed E-state index contributed by atoms with van der Waals surface area (Å²) in [5.41, 5.74) is 2.73. The Labute approximate surface area is 250 Å². The fourth-order valence-electron chi connectivity index (χ4n) is 5.33. The molecule has 2 aliphatic heterocycles. The molecule has 4 N–H and O–H groups in total. The van der Waals surface area contributed by atoms with Gasteiger partial charge in [-0.2, -0.15) is 0 Å². The summed E-state index contributed by atoms with van der Waals surface area (Å²) in [6.07, 6.45) is 2.57. The number of nitrogens with one attached hydrogen (secondary N) is 2. The number of halogens is 1. The topological polar surface area (TPSA) is 153 Å². The number of carbonyl (C=O) groups excluding carboxylic acids is 2. The SMILES string of the molecule is C=NC(C)=C(O)COc1cc(F)c2c(c1C)CCN(C[C@@H](O)CNC(=O)c1cc(NC3CCN(C(C)=O)CC3)ncn1)C2. The fraction of sp³-hybridized carbons (Fsp3) is 0.500. The van der Waals surface area contributed by atoms with Crippen molar-refractivity contribution in [2.45, 2.75) is 58.7 Å². The molecule has 12 nitrogen and oxygen atoms in total. The lowest BCUT2D eigenvalue weighted by molar-refractivity contribution is -0.129. The molecular formula is C30H40FN7O5. The van der Waals surface area contributed by atoms with Crippen molar-refractivity contribution in [3.63, 3.8) is 0 Å². The molecule has 3 heterocycles. The molecule has 232 valence electrons. The third-order valence-electron chi connectivity index (χ3n) is 7.97. The number of amides is 2. The molecular weight excluding hydrogens is 557 g/mol. The number of carbonyl (C=O) groups is 2. The Bertz CT molecular complexity index is 1380. The van der Waals surface area contributed by atoms with E-state index in [1.54, 1.807) is 19.9 Å². The maximum Gasteiger partial charge on any atom is 0.270 e. The lowest BCUT2D eigenvalue weighted by Gasteiger charge is -2.32. The molecule has 0 aliphatic carbocycles. The van der Waals surface area contributed by atoms with Gasteiger partial charge >= 0.3 is 0 Å². The predicted molar refractivity (Wildman–Crippen MR) is 160 cm³/mol. The number of aliphatic imine (C=N–C) groups is 1. The van der Waals surface area contributed by atoms with Crippen LogP contribution >= 0.6 is 0 Å². The normalized spacial score (nSPS) is 17.0. The average Bonchev–Trinajstić information content (AvgIpc) is 3.00. The zero-order valence-corrected chi connectivity index (χ0v) is 24.9. The second-order valence-electron chi connectivity index (χ2n) is 11.0. The second kappa shape index (κ2) is 14.4. The summed E-state index contributed by atoms with van der Waals surface area (Å²) in [5, 5.41) is 26.7. The van der Waals surface area contributed by atoms with Gasteiger partial charge in [-0.3, -0.25) is 19.5 Å². The zero-order valence-electron chi connectivity index (χ0n) is 24.9. The molecule has 1 aromatic heterocycles. The minimum Gasteiger partial charge on any atom is -0.507 e. The number of fused-ring (bicyclic) bond motifs is 1. The van der Waals surface area contributed by atoms with Crippen molar-refractivity contribution in [1.29, 1.82) is 0 Å². The van der Waals surface area contributed by atoms with Crippen molar-refractivity contribution < 1.29 is 28.9 Å². The molecule has 43 heavy (non-hydrogen) atoms. The van der Waals surface area contributed by atoms with Crippen LogP contribution in [0.4, 0.5) is 10.2 Å². The van der Waals surface area contributed by atoms with Gasteiger partial charge in [-0.05, 0) is 51.0 Å². The van der Waals surface area contributed by atoms with Crippen LogP contribution in [0.2, 0.25) is 0 Å². The predicted octanol–water partition coefficient (Wildman–Crippen LogP) is 2.36. The van der Waals surface area contributed by atoms with E-state index in [4.69, 9.17) is 4.74 Å². The van der Waals surface area contributed by atoms with Crippen molar-refractivity contribution in [2.75, 3.05) is 44.6 Å². The number of β-amino-alcohol motifs (C(OH)–C–C–N with tert-alkyl or cyclic N) is 1. The van der Waals surface area contributed by atoms with Gasteiger partial charge in [0, 0.05) is 69.9 Å². The molecule has 1 saturated heterocycles. The van der Waals surface area contributed by atoms with Crippen LogP contribution in [0.1, 0.15) is 53.9 Å². The lowest BCUT2D eigenvalue weighted by Crippen LogP contribution is -2.42. The maximum absolute atomic E-state index is 15.1. The van der Waals surface area contributed by atoms with E-state index in [1.807, 2.05) is 16.7 Å². The van der Waals surface area contributed by atoms with Gasteiger partial charge in [0.2, 0.25) is 5.91 Å². The standard InChI is InChI=1S/C30H40FN7O5/c1-18-23-7-8-37(15-24(23)25(31)11-28(18)43-16-27(41)19(2)32-4)14-22(40)13-33-30(42)26-12-29(35-17-34-26)36-21-5-9-38(10-6-21)20(3)39/h11-12,17,21-22,40-41H,4-10,13-16H2,1-3H3,(H,33,42)(H,34,35,36)/t22-/m0/s1. The van der Waals surface area contributed by atoms with E-state index < -0.39 is 17.8 Å². The van der Waals surface area contributed by atoms with E-state index in [2.05, 4.69) is 32.3 Å². The second-order valence-corrected chi connectivity index (χ2v) is 11.0. The number of likely N-dealkylation sites (tertiary alicyclic amines) is 1. The van der Waals surface area contributed by atoms with Gasteiger partial charge in [0.1, 0.15) is 36.0 Å². The summed E-state index contributed by atoms with van der Waals surface area (Å²) in [6.45, 7) is 10.8. The first kappa shape index (κ1) is 31.8. The fourth-order valence-corrected chi connectivity index (χ4v) is 5.33. The van der Waals surface area contributed by atoms with E-state index in [-0.39, 0.29) is 43.1 Å². The monoisotopic (exact) mass is 597 g/mol. The molecule has 0 bridgehead atoms. The van der Waals surface area contributed by atoms with Crippen LogP contribution in [0, 0.1) is 12.7 Å². The van der Waals surface area contributed by atoms with Gasteiger partial charge in [0.15, 0.2) is 5.76 Å². The molecule has 1 aromatic carbocycles. The van der Waals surface area contributed by atoms with Crippen LogP contribution in [0.15, 0.2) is 34.9 Å². The molecule has 0 saturated carbocycles. The number of anilines is 1. The van der Waals surface area contributed by atoms with Crippen LogP contribution in [-0.4, -0.2) is 100.0 Å². The maximum atomic E-state index is 15.1. The molecule has 0 spiro atoms. The number of aliphatic hydroxyl groups is 2. The lowest BCUT2D eigenvalue weighted by atomic mass is 9.93. The Kier molecular flexibility index (Phi) is 10.6. The Morgan fingerprint density at radius 1 is 1.21 bits per heavy atom. The van der Waals surface area contributed by atoms with E-state index >= 15 is 4.39 Å². The highest BCUT2D eigenvalue weighted by molar-refractivity contribution is 5.92. The highest BCUT2D eigenvalue weighted by Gasteiger charge is 2.26. The molecule has 2 aromatic rings. The zero-order chi connectivity index (χ0) is 31.1. The van der Waals surface area contributed by atoms with Crippen LogP contribution in [-0.2, 0) is 17.8 Å². The number of rotatable bonds is 11. The van der Waals surface area contributed by atoms with Crippen LogP contribution < -0.4 is 15.4 Å². The molecule has 2 aliphatic rings. The number of piperidine rings is 1. The minimum atomic E-state index is -0.875. The van der Waals surface area contributed by atoms with Gasteiger partial charge in [-0.15, -0.1) is 0 Å². The molecule has 13 heteroatoms. The third-order valence-corrected chi connectivity index (χ3v) is 7.97. The van der Waals surface area contributed by atoms with Crippen molar-refractivity contribution in [1.82, 2.24) is 25.1 Å². The summed E-state index contributed by atoms with van der Waals surface area (Å²) < 4.78 is 20.7. The Hall–Kier alpha value is -4.10. The summed E-state index contributed by atoms with van der Waals surface area (Å²) in [6, 6.07) is 3.03. The van der Waals surface area contributed by atoms with E-state index in [0.717, 1.165) is 24.0 Å². The van der Waals surface area contributed by atoms with Crippen molar-refractivity contribution in [2.24, 2.45) is 4.99 Å². The molecule has 2 amide bonds. The number of ether oxygens (including phenoxy) is 1. The van der Waals surface area contributed by atoms with Crippen molar-refractivity contribution in [3.8, 4) is 5.75 Å². The van der Waals surface area contributed by atoms with E-state index in [0.29, 0.717) is 55.4 Å². The number of aromatic nitrogens is 2. The van der Waals surface area contributed by atoms with E-state index in [1.165, 1.54) is 12.4 Å². The highest BCUT2D eigenvalue weighted by atomic mass is 19.1. The minimum absolute atomic E-state index is 0.00272. The number of hydrogen-bond acceptors (Lipinski definition) is 10. The summed E-state index contributed by atoms with van der Waals surface area (Å²) >= 11 is 0. The molecule has 1 fully saturated rings. The van der Waals surface area contributed by atoms with Crippen molar-refractivity contribution in [3.05, 3.63) is 58.1 Å². The Morgan fingerprint density at radius 2 is 1.95 bits per heavy atom. The number of benzene rings is 1. The first-order valence-electron chi connectivity index (χ1n) is 14.4. The number of aliphatic hydroxyl groups excluding tert-OH is 2. The first-order valence-corrected chi connectivity index (χ1v) is 14.4. The highest BCUT2D eigenvalue weighted by Crippen LogP contribution is 2.32. The van der Waals surface area contributed by atoms with Gasteiger partial charge in [0.25, 0.3) is 5.91 Å². The Morgan fingerprint density at radius 3 is 2.65 bits per heavy atom. The van der Waals surface area contributed by atoms with Gasteiger partial charge in [0.05, 0.1) is 11.8 Å². The number of hydrogen-bond donors (Lipinski definition) is 4. The van der Waals surface area contributed by atoms with Gasteiger partial charge in [-0.25, -0.2) is 14.4 Å². The summed E-state index contributed by atoms with van der Waals surface area (Å²) in [5.74, 6) is 0.0305. The molecule has 1 atom stereocenters.